The molecule has 0 spiro atoms. The molecule has 3 heterocycles. The molecule has 0 aliphatic carbocycles. The van der Waals surface area contributed by atoms with Crippen molar-refractivity contribution in [1.29, 1.82) is 0 Å². The van der Waals surface area contributed by atoms with Crippen molar-refractivity contribution in [3.63, 3.8) is 0 Å². The number of hydrogen-bond donors (Lipinski definition) is 1. The third-order valence-electron chi connectivity index (χ3n) is 5.45. The minimum atomic E-state index is 0.104. The molecule has 1 atom stereocenters. The van der Waals surface area contributed by atoms with Crippen LogP contribution in [0.3, 0.4) is 0 Å². The lowest BCUT2D eigenvalue weighted by molar-refractivity contribution is 0.312. The smallest absolute Gasteiger partial charge is 0.127 e. The normalized spacial score (nSPS) is 17.7. The fourth-order valence-electron chi connectivity index (χ4n) is 3.85. The molecule has 1 aromatic carbocycles. The van der Waals surface area contributed by atoms with Crippen LogP contribution in [0.4, 0.5) is 5.82 Å². The summed E-state index contributed by atoms with van der Waals surface area (Å²) in [4.78, 5) is 7.34. The zero-order valence-corrected chi connectivity index (χ0v) is 18.7. The number of thiazole rings is 1. The SMILES string of the molecule is Cc1cnn([C@H]2CCN(Cc3ccccc3)C2)c1NCc1csc(C(C)(C)C)n1. The molecule has 0 radical (unpaired) electrons. The van der Waals surface area contributed by atoms with Crippen molar-refractivity contribution in [3.8, 4) is 0 Å². The third kappa shape index (κ3) is 4.70. The van der Waals surface area contributed by atoms with E-state index in [2.05, 4.69) is 78.3 Å². The fourth-order valence-corrected chi connectivity index (χ4v) is 4.76. The lowest BCUT2D eigenvalue weighted by Gasteiger charge is -2.18. The van der Waals surface area contributed by atoms with E-state index >= 15 is 0 Å². The minimum absolute atomic E-state index is 0.104. The predicted octanol–water partition coefficient (Wildman–Crippen LogP) is 5.00. The molecule has 0 bridgehead atoms. The summed E-state index contributed by atoms with van der Waals surface area (Å²) >= 11 is 1.75. The number of anilines is 1. The van der Waals surface area contributed by atoms with Gasteiger partial charge in [0.15, 0.2) is 0 Å². The van der Waals surface area contributed by atoms with Crippen LogP contribution in [0, 0.1) is 6.92 Å². The first-order valence-electron chi connectivity index (χ1n) is 10.4. The van der Waals surface area contributed by atoms with Gasteiger partial charge in [0.2, 0.25) is 0 Å². The molecule has 1 aliphatic heterocycles. The fraction of sp³-hybridized carbons (Fsp3) is 0.478. The van der Waals surface area contributed by atoms with Crippen molar-refractivity contribution in [3.05, 3.63) is 63.7 Å². The average molecular weight is 410 g/mol. The Morgan fingerprint density at radius 1 is 1.21 bits per heavy atom. The van der Waals surface area contributed by atoms with Crippen LogP contribution in [0.5, 0.6) is 0 Å². The predicted molar refractivity (Wildman–Crippen MR) is 120 cm³/mol. The van der Waals surface area contributed by atoms with Gasteiger partial charge in [-0.15, -0.1) is 11.3 Å². The minimum Gasteiger partial charge on any atom is -0.364 e. The van der Waals surface area contributed by atoms with Crippen LogP contribution in [0.1, 0.15) is 55.1 Å². The molecule has 1 N–H and O–H groups in total. The molecular formula is C23H31N5S. The first-order chi connectivity index (χ1) is 13.9. The Morgan fingerprint density at radius 3 is 2.72 bits per heavy atom. The summed E-state index contributed by atoms with van der Waals surface area (Å²) in [7, 11) is 0. The Bertz CT molecular complexity index is 938. The van der Waals surface area contributed by atoms with Crippen LogP contribution < -0.4 is 5.32 Å². The highest BCUT2D eigenvalue weighted by Gasteiger charge is 2.27. The maximum Gasteiger partial charge on any atom is 0.127 e. The summed E-state index contributed by atoms with van der Waals surface area (Å²) in [6.07, 6.45) is 3.11. The van der Waals surface area contributed by atoms with Gasteiger partial charge in [0.05, 0.1) is 29.5 Å². The molecule has 0 saturated carbocycles. The molecule has 3 aromatic rings. The molecule has 6 heteroatoms. The molecule has 29 heavy (non-hydrogen) atoms. The van der Waals surface area contributed by atoms with E-state index in [4.69, 9.17) is 10.1 Å². The highest BCUT2D eigenvalue weighted by molar-refractivity contribution is 7.09. The summed E-state index contributed by atoms with van der Waals surface area (Å²) in [6.45, 7) is 12.7. The van der Waals surface area contributed by atoms with E-state index in [-0.39, 0.29) is 5.41 Å². The summed E-state index contributed by atoms with van der Waals surface area (Å²) in [6, 6.07) is 11.1. The average Bonchev–Trinajstić information content (AvgIpc) is 3.40. The summed E-state index contributed by atoms with van der Waals surface area (Å²) in [5, 5.41) is 11.7. The maximum atomic E-state index is 4.81. The second-order valence-corrected chi connectivity index (χ2v) is 9.89. The third-order valence-corrected chi connectivity index (χ3v) is 6.77. The van der Waals surface area contributed by atoms with Crippen molar-refractivity contribution < 1.29 is 0 Å². The Kier molecular flexibility index (Phi) is 5.74. The first-order valence-corrected chi connectivity index (χ1v) is 11.3. The second-order valence-electron chi connectivity index (χ2n) is 9.03. The van der Waals surface area contributed by atoms with Gasteiger partial charge in [-0.1, -0.05) is 51.1 Å². The summed E-state index contributed by atoms with van der Waals surface area (Å²) < 4.78 is 2.19. The number of aromatic nitrogens is 3. The van der Waals surface area contributed by atoms with Gasteiger partial charge < -0.3 is 5.32 Å². The van der Waals surface area contributed by atoms with E-state index in [0.717, 1.165) is 44.1 Å². The van der Waals surface area contributed by atoms with E-state index in [0.29, 0.717) is 6.04 Å². The van der Waals surface area contributed by atoms with Crippen molar-refractivity contribution >= 4 is 17.2 Å². The van der Waals surface area contributed by atoms with Crippen LogP contribution in [0.2, 0.25) is 0 Å². The van der Waals surface area contributed by atoms with Crippen LogP contribution >= 0.6 is 11.3 Å². The van der Waals surface area contributed by atoms with Crippen LogP contribution in [0.15, 0.2) is 41.9 Å². The largest absolute Gasteiger partial charge is 0.364 e. The Balaban J connectivity index is 1.40. The Hall–Kier alpha value is -2.18. The van der Waals surface area contributed by atoms with Gasteiger partial charge in [-0.2, -0.15) is 5.10 Å². The molecule has 2 aromatic heterocycles. The van der Waals surface area contributed by atoms with Crippen LogP contribution in [-0.2, 0) is 18.5 Å². The molecule has 4 rings (SSSR count). The first kappa shape index (κ1) is 20.1. The van der Waals surface area contributed by atoms with Crippen LogP contribution in [0.25, 0.3) is 0 Å². The number of aryl methyl sites for hydroxylation is 1. The molecule has 1 aliphatic rings. The van der Waals surface area contributed by atoms with Gasteiger partial charge in [-0.05, 0) is 18.9 Å². The Morgan fingerprint density at radius 2 is 2.00 bits per heavy atom. The number of nitrogens with zero attached hydrogens (tertiary/aromatic N) is 4. The Labute approximate surface area is 177 Å². The quantitative estimate of drug-likeness (QED) is 0.622. The van der Waals surface area contributed by atoms with Crippen molar-refractivity contribution in [1.82, 2.24) is 19.7 Å². The summed E-state index contributed by atoms with van der Waals surface area (Å²) in [5.41, 5.74) is 3.77. The van der Waals surface area contributed by atoms with Gasteiger partial charge in [0.25, 0.3) is 0 Å². The zero-order chi connectivity index (χ0) is 20.4. The lowest BCUT2D eigenvalue weighted by atomic mass is 9.98. The van der Waals surface area contributed by atoms with Crippen molar-refractivity contribution in [2.24, 2.45) is 0 Å². The van der Waals surface area contributed by atoms with E-state index in [9.17, 15) is 0 Å². The summed E-state index contributed by atoms with van der Waals surface area (Å²) in [5.74, 6) is 1.13. The van der Waals surface area contributed by atoms with E-state index in [1.165, 1.54) is 16.1 Å². The van der Waals surface area contributed by atoms with Gasteiger partial charge in [-0.25, -0.2) is 9.67 Å². The molecule has 0 unspecified atom stereocenters. The van der Waals surface area contributed by atoms with E-state index in [1.54, 1.807) is 11.3 Å². The number of benzene rings is 1. The van der Waals surface area contributed by atoms with Gasteiger partial charge in [0, 0.05) is 36.0 Å². The van der Waals surface area contributed by atoms with Crippen LogP contribution in [-0.4, -0.2) is 32.8 Å². The number of hydrogen-bond acceptors (Lipinski definition) is 5. The van der Waals surface area contributed by atoms with Gasteiger partial charge in [0.1, 0.15) is 5.82 Å². The van der Waals surface area contributed by atoms with E-state index < -0.39 is 0 Å². The highest BCUT2D eigenvalue weighted by atomic mass is 32.1. The standard InChI is InChI=1S/C23H31N5S/c1-17-12-25-28(20-10-11-27(15-20)14-18-8-6-5-7-9-18)21(17)24-13-19-16-29-22(26-19)23(2,3)4/h5-9,12,16,20,24H,10-11,13-15H2,1-4H3/t20-/m0/s1. The number of nitrogens with one attached hydrogen (secondary N) is 1. The van der Waals surface area contributed by atoms with Crippen molar-refractivity contribution in [2.45, 2.75) is 58.7 Å². The number of likely N-dealkylation sites (tertiary alicyclic amines) is 1. The molecule has 0 amide bonds. The molecule has 1 saturated heterocycles. The van der Waals surface area contributed by atoms with Crippen molar-refractivity contribution in [2.75, 3.05) is 18.4 Å². The monoisotopic (exact) mass is 409 g/mol. The maximum absolute atomic E-state index is 4.81. The van der Waals surface area contributed by atoms with E-state index in [1.807, 2.05) is 6.20 Å². The molecule has 1 fully saturated rings. The topological polar surface area (TPSA) is 46.0 Å². The highest BCUT2D eigenvalue weighted by Crippen LogP contribution is 2.29. The molecule has 154 valence electrons. The number of rotatable bonds is 6. The molecular weight excluding hydrogens is 378 g/mol. The second kappa shape index (κ2) is 8.28. The van der Waals surface area contributed by atoms with Gasteiger partial charge in [-0.3, -0.25) is 4.90 Å². The lowest BCUT2D eigenvalue weighted by Crippen LogP contribution is -2.22. The molecule has 5 nitrogen and oxygen atoms in total. The zero-order valence-electron chi connectivity index (χ0n) is 17.9. The van der Waals surface area contributed by atoms with Gasteiger partial charge >= 0.3 is 0 Å².